The molecule has 0 aliphatic carbocycles. The zero-order valence-corrected chi connectivity index (χ0v) is 20.6. The van der Waals surface area contributed by atoms with E-state index in [1.165, 1.54) is 11.8 Å². The Hall–Kier alpha value is -2.89. The summed E-state index contributed by atoms with van der Waals surface area (Å²) in [6.45, 7) is 6.09. The summed E-state index contributed by atoms with van der Waals surface area (Å²) in [4.78, 5) is 30.5. The Morgan fingerprint density at radius 2 is 1.88 bits per heavy atom. The molecular weight excluding hydrogens is 452 g/mol. The molecule has 2 aliphatic rings. The van der Waals surface area contributed by atoms with Crippen LogP contribution in [0.3, 0.4) is 0 Å². The maximum Gasteiger partial charge on any atom is 0.270 e. The van der Waals surface area contributed by atoms with Crippen molar-refractivity contribution in [1.29, 1.82) is 5.26 Å². The van der Waals surface area contributed by atoms with Crippen LogP contribution in [-0.4, -0.2) is 32.8 Å². The van der Waals surface area contributed by atoms with Gasteiger partial charge >= 0.3 is 0 Å². The number of aromatic nitrogens is 1. The number of benzene rings is 1. The lowest BCUT2D eigenvalue weighted by atomic mass is 9.97. The fraction of sp³-hybridized carbons (Fsp3) is 0.360. The van der Waals surface area contributed by atoms with Crippen molar-refractivity contribution in [1.82, 2.24) is 9.47 Å². The Balaban J connectivity index is 1.77. The smallest absolute Gasteiger partial charge is 0.270 e. The molecule has 2 fully saturated rings. The van der Waals surface area contributed by atoms with Crippen molar-refractivity contribution in [2.45, 2.75) is 33.2 Å². The second kappa shape index (κ2) is 9.54. The topological polar surface area (TPSA) is 69.3 Å². The second-order valence-corrected chi connectivity index (χ2v) is 10.3. The van der Waals surface area contributed by atoms with Gasteiger partial charge in [0.05, 0.1) is 11.4 Å². The van der Waals surface area contributed by atoms with Crippen molar-refractivity contribution in [3.63, 3.8) is 0 Å². The maximum atomic E-state index is 13.3. The van der Waals surface area contributed by atoms with Crippen LogP contribution in [0.4, 0.5) is 5.82 Å². The molecule has 0 bridgehead atoms. The van der Waals surface area contributed by atoms with Gasteiger partial charge in [0.15, 0.2) is 0 Å². The van der Waals surface area contributed by atoms with Crippen molar-refractivity contribution < 1.29 is 4.79 Å². The number of piperidine rings is 1. The Labute approximate surface area is 203 Å². The summed E-state index contributed by atoms with van der Waals surface area (Å²) in [6.07, 6.45) is 3.88. The third kappa shape index (κ3) is 4.48. The molecule has 0 N–H and O–H groups in total. The van der Waals surface area contributed by atoms with Crippen LogP contribution in [0.2, 0.25) is 0 Å². The molecular formula is C25H26N4O2S2. The molecule has 2 saturated heterocycles. The summed E-state index contributed by atoms with van der Waals surface area (Å²) in [5.74, 6) is 1.24. The highest BCUT2D eigenvalue weighted by Gasteiger charge is 2.33. The van der Waals surface area contributed by atoms with Crippen molar-refractivity contribution >= 4 is 46.1 Å². The Morgan fingerprint density at radius 1 is 1.21 bits per heavy atom. The Bertz CT molecular complexity index is 1240. The Kier molecular flexibility index (Phi) is 6.73. The monoisotopic (exact) mass is 478 g/mol. The first-order chi connectivity index (χ1) is 15.8. The molecule has 1 aromatic carbocycles. The number of amides is 1. The van der Waals surface area contributed by atoms with Gasteiger partial charge < -0.3 is 4.90 Å². The fourth-order valence-electron chi connectivity index (χ4n) is 4.35. The van der Waals surface area contributed by atoms with Gasteiger partial charge in [-0.2, -0.15) is 5.26 Å². The molecule has 3 heterocycles. The number of carbonyl (C=O) groups is 1. The highest BCUT2D eigenvalue weighted by Crippen LogP contribution is 2.37. The number of hydrogen-bond acceptors (Lipinski definition) is 6. The number of hydrogen-bond donors (Lipinski definition) is 0. The highest BCUT2D eigenvalue weighted by molar-refractivity contribution is 8.26. The molecule has 0 saturated carbocycles. The van der Waals surface area contributed by atoms with Gasteiger partial charge in [0, 0.05) is 25.7 Å². The summed E-state index contributed by atoms with van der Waals surface area (Å²) in [7, 11) is 1.70. The fourth-order valence-corrected chi connectivity index (χ4v) is 5.58. The average Bonchev–Trinajstić information content (AvgIpc) is 3.07. The number of nitrogens with zero attached hydrogens (tertiary/aromatic N) is 4. The quantitative estimate of drug-likeness (QED) is 0.485. The van der Waals surface area contributed by atoms with E-state index in [9.17, 15) is 14.9 Å². The van der Waals surface area contributed by atoms with E-state index in [-0.39, 0.29) is 17.0 Å². The van der Waals surface area contributed by atoms with Gasteiger partial charge in [0.1, 0.15) is 21.8 Å². The van der Waals surface area contributed by atoms with Gasteiger partial charge in [0.2, 0.25) is 0 Å². The van der Waals surface area contributed by atoms with E-state index in [4.69, 9.17) is 12.2 Å². The van der Waals surface area contributed by atoms with Crippen LogP contribution < -0.4 is 10.5 Å². The number of anilines is 1. The standard InChI is InChI=1S/C25H26N4O2S2/c1-16-9-11-28(12-10-16)22-19(17(2)20(14-26)23(30)27(22)3)13-21-24(31)29(25(32)33-21)15-18-7-5-4-6-8-18/h4-8,13,16H,9-12,15H2,1-3H3/b21-13-. The molecule has 33 heavy (non-hydrogen) atoms. The van der Waals surface area contributed by atoms with Crippen molar-refractivity contribution in [2.75, 3.05) is 18.0 Å². The molecule has 2 aliphatic heterocycles. The molecule has 170 valence electrons. The van der Waals surface area contributed by atoms with E-state index in [1.807, 2.05) is 36.4 Å². The lowest BCUT2D eigenvalue weighted by Gasteiger charge is -2.34. The molecule has 0 atom stereocenters. The number of thioether (sulfide) groups is 1. The van der Waals surface area contributed by atoms with Crippen molar-refractivity contribution in [2.24, 2.45) is 13.0 Å². The van der Waals surface area contributed by atoms with Gasteiger partial charge in [-0.1, -0.05) is 61.2 Å². The first-order valence-corrected chi connectivity index (χ1v) is 12.2. The molecule has 8 heteroatoms. The summed E-state index contributed by atoms with van der Waals surface area (Å²) in [6, 6.07) is 11.8. The van der Waals surface area contributed by atoms with E-state index >= 15 is 0 Å². The first-order valence-electron chi connectivity index (χ1n) is 11.0. The van der Waals surface area contributed by atoms with E-state index < -0.39 is 0 Å². The van der Waals surface area contributed by atoms with E-state index in [0.29, 0.717) is 27.3 Å². The summed E-state index contributed by atoms with van der Waals surface area (Å²) in [5, 5.41) is 9.65. The summed E-state index contributed by atoms with van der Waals surface area (Å²) < 4.78 is 2.06. The molecule has 2 aromatic rings. The minimum Gasteiger partial charge on any atom is -0.357 e. The largest absolute Gasteiger partial charge is 0.357 e. The summed E-state index contributed by atoms with van der Waals surface area (Å²) in [5.41, 5.74) is 2.14. The minimum atomic E-state index is -0.308. The molecule has 0 spiro atoms. The van der Waals surface area contributed by atoms with E-state index in [0.717, 1.165) is 42.9 Å². The van der Waals surface area contributed by atoms with Gasteiger partial charge in [-0.05, 0) is 42.9 Å². The van der Waals surface area contributed by atoms with Gasteiger partial charge in [-0.25, -0.2) is 0 Å². The lowest BCUT2D eigenvalue weighted by molar-refractivity contribution is -0.122. The van der Waals surface area contributed by atoms with Crippen LogP contribution in [0.5, 0.6) is 0 Å². The van der Waals surface area contributed by atoms with E-state index in [2.05, 4.69) is 17.9 Å². The van der Waals surface area contributed by atoms with Crippen molar-refractivity contribution in [3.05, 3.63) is 67.8 Å². The van der Waals surface area contributed by atoms with Crippen LogP contribution in [0.15, 0.2) is 40.0 Å². The number of nitriles is 1. The molecule has 4 rings (SSSR count). The van der Waals surface area contributed by atoms with Crippen LogP contribution in [0.25, 0.3) is 6.08 Å². The van der Waals surface area contributed by atoms with Crippen LogP contribution >= 0.6 is 24.0 Å². The molecule has 6 nitrogen and oxygen atoms in total. The minimum absolute atomic E-state index is 0.109. The molecule has 0 unspecified atom stereocenters. The van der Waals surface area contributed by atoms with Crippen LogP contribution in [0, 0.1) is 24.2 Å². The predicted octanol–water partition coefficient (Wildman–Crippen LogP) is 4.20. The van der Waals surface area contributed by atoms with Gasteiger partial charge in [-0.3, -0.25) is 19.1 Å². The number of thiocarbonyl (C=S) groups is 1. The van der Waals surface area contributed by atoms with Crippen molar-refractivity contribution in [3.8, 4) is 6.07 Å². The molecule has 1 amide bonds. The molecule has 0 radical (unpaired) electrons. The summed E-state index contributed by atoms with van der Waals surface area (Å²) >= 11 is 6.78. The zero-order chi connectivity index (χ0) is 23.7. The number of carbonyl (C=O) groups excluding carboxylic acids is 1. The van der Waals surface area contributed by atoms with E-state index in [1.54, 1.807) is 23.4 Å². The molecule has 1 aromatic heterocycles. The first kappa shape index (κ1) is 23.3. The second-order valence-electron chi connectivity index (χ2n) is 8.64. The number of pyridine rings is 1. The highest BCUT2D eigenvalue weighted by atomic mass is 32.2. The third-order valence-electron chi connectivity index (χ3n) is 6.38. The average molecular weight is 479 g/mol. The van der Waals surface area contributed by atoms with Gasteiger partial charge in [-0.15, -0.1) is 0 Å². The lowest BCUT2D eigenvalue weighted by Crippen LogP contribution is -2.38. The number of rotatable bonds is 4. The Morgan fingerprint density at radius 3 is 2.52 bits per heavy atom. The zero-order valence-electron chi connectivity index (χ0n) is 19.0. The maximum absolute atomic E-state index is 13.3. The SMILES string of the molecule is Cc1c(/C=C2\SC(=S)N(Cc3ccccc3)C2=O)c(N2CCC(C)CC2)n(C)c(=O)c1C#N. The third-order valence-corrected chi connectivity index (χ3v) is 7.76. The predicted molar refractivity (Wildman–Crippen MR) is 137 cm³/mol. The van der Waals surface area contributed by atoms with Gasteiger partial charge in [0.25, 0.3) is 11.5 Å². The van der Waals surface area contributed by atoms with Crippen LogP contribution in [-0.2, 0) is 18.4 Å². The van der Waals surface area contributed by atoms with Crippen LogP contribution in [0.1, 0.15) is 42.0 Å². The normalized spacial score (nSPS) is 18.3.